The molecule has 0 bridgehead atoms. The smallest absolute Gasteiger partial charge is 0.125 e. The minimum Gasteiger partial charge on any atom is -0.396 e. The lowest BCUT2D eigenvalue weighted by molar-refractivity contribution is 0.258. The number of rotatable bonds is 6. The van der Waals surface area contributed by atoms with Gasteiger partial charge in [0, 0.05) is 30.1 Å². The Morgan fingerprint density at radius 2 is 2.06 bits per heavy atom. The van der Waals surface area contributed by atoms with Crippen LogP contribution in [0.2, 0.25) is 0 Å². The molecule has 0 saturated carbocycles. The summed E-state index contributed by atoms with van der Waals surface area (Å²) in [6, 6.07) is 0.247. The highest BCUT2D eigenvalue weighted by Gasteiger charge is 2.11. The molecule has 0 aliphatic heterocycles. The molecule has 4 heteroatoms. The molecule has 1 rings (SSSR count). The van der Waals surface area contributed by atoms with Crippen molar-refractivity contribution in [2.24, 2.45) is 5.92 Å². The summed E-state index contributed by atoms with van der Waals surface area (Å²) in [5, 5.41) is 12.3. The van der Waals surface area contributed by atoms with Gasteiger partial charge in [0.05, 0.1) is 0 Å². The van der Waals surface area contributed by atoms with Gasteiger partial charge in [-0.3, -0.25) is 0 Å². The van der Waals surface area contributed by atoms with Crippen LogP contribution in [-0.2, 0) is 0 Å². The molecule has 2 N–H and O–H groups in total. The predicted molar refractivity (Wildman–Crippen MR) is 68.8 cm³/mol. The first-order chi connectivity index (χ1) is 8.04. The maximum absolute atomic E-state index is 8.85. The topological polar surface area (TPSA) is 58.0 Å². The van der Waals surface area contributed by atoms with Crippen molar-refractivity contribution >= 4 is 0 Å². The van der Waals surface area contributed by atoms with Gasteiger partial charge in [-0.15, -0.1) is 0 Å². The third-order valence-electron chi connectivity index (χ3n) is 3.00. The molecule has 1 aromatic heterocycles. The molecule has 96 valence electrons. The van der Waals surface area contributed by atoms with Crippen molar-refractivity contribution in [1.82, 2.24) is 15.3 Å². The Bertz CT molecular complexity index is 355. The fourth-order valence-electron chi connectivity index (χ4n) is 1.83. The fourth-order valence-corrected chi connectivity index (χ4v) is 1.83. The van der Waals surface area contributed by atoms with Gasteiger partial charge < -0.3 is 10.4 Å². The van der Waals surface area contributed by atoms with E-state index in [4.69, 9.17) is 5.11 Å². The van der Waals surface area contributed by atoms with Crippen LogP contribution in [-0.4, -0.2) is 28.2 Å². The molecule has 0 radical (unpaired) electrons. The summed E-state index contributed by atoms with van der Waals surface area (Å²) in [6.07, 6.45) is 2.73. The van der Waals surface area contributed by atoms with Crippen LogP contribution < -0.4 is 5.32 Å². The summed E-state index contributed by atoms with van der Waals surface area (Å²) in [6.45, 7) is 9.32. The van der Waals surface area contributed by atoms with Gasteiger partial charge in [-0.25, -0.2) is 9.97 Å². The molecule has 0 amide bonds. The lowest BCUT2D eigenvalue weighted by atomic mass is 10.1. The average Bonchev–Trinajstić information content (AvgIpc) is 2.26. The van der Waals surface area contributed by atoms with Crippen LogP contribution in [0.4, 0.5) is 0 Å². The molecule has 2 unspecified atom stereocenters. The summed E-state index contributed by atoms with van der Waals surface area (Å²) in [7, 11) is 0. The van der Waals surface area contributed by atoms with E-state index >= 15 is 0 Å². The molecular weight excluding hydrogens is 214 g/mol. The van der Waals surface area contributed by atoms with Gasteiger partial charge in [0.25, 0.3) is 0 Å². The number of aryl methyl sites for hydroxylation is 2. The molecule has 0 aliphatic rings. The maximum atomic E-state index is 8.85. The van der Waals surface area contributed by atoms with Crippen LogP contribution >= 0.6 is 0 Å². The van der Waals surface area contributed by atoms with E-state index in [2.05, 4.69) is 29.1 Å². The van der Waals surface area contributed by atoms with Gasteiger partial charge in [0.2, 0.25) is 0 Å². The number of hydrogen-bond acceptors (Lipinski definition) is 4. The lowest BCUT2D eigenvalue weighted by Gasteiger charge is -2.18. The summed E-state index contributed by atoms with van der Waals surface area (Å²) < 4.78 is 0. The second kappa shape index (κ2) is 6.67. The zero-order valence-corrected chi connectivity index (χ0v) is 11.2. The predicted octanol–water partition coefficient (Wildman–Crippen LogP) is 1.76. The van der Waals surface area contributed by atoms with Crippen molar-refractivity contribution in [1.29, 1.82) is 0 Å². The average molecular weight is 237 g/mol. The Morgan fingerprint density at radius 1 is 1.35 bits per heavy atom. The quantitative estimate of drug-likeness (QED) is 0.791. The normalized spacial score (nSPS) is 14.6. The summed E-state index contributed by atoms with van der Waals surface area (Å²) >= 11 is 0. The molecule has 4 nitrogen and oxygen atoms in total. The van der Waals surface area contributed by atoms with Crippen molar-refractivity contribution in [3.63, 3.8) is 0 Å². The second-order valence-corrected chi connectivity index (χ2v) is 4.71. The van der Waals surface area contributed by atoms with E-state index in [1.54, 1.807) is 0 Å². The highest BCUT2D eigenvalue weighted by molar-refractivity contribution is 5.19. The van der Waals surface area contributed by atoms with E-state index in [9.17, 15) is 0 Å². The SMILES string of the molecule is Cc1ncc(C(C)NCC(C)CCO)c(C)n1. The van der Waals surface area contributed by atoms with E-state index in [1.165, 1.54) is 0 Å². The molecule has 2 atom stereocenters. The minimum atomic E-state index is 0.247. The van der Waals surface area contributed by atoms with Gasteiger partial charge >= 0.3 is 0 Å². The molecule has 0 spiro atoms. The summed E-state index contributed by atoms with van der Waals surface area (Å²) in [5.41, 5.74) is 2.18. The first-order valence-electron chi connectivity index (χ1n) is 6.19. The molecule has 1 heterocycles. The van der Waals surface area contributed by atoms with Crippen molar-refractivity contribution in [3.05, 3.63) is 23.3 Å². The Labute approximate surface area is 103 Å². The van der Waals surface area contributed by atoms with Crippen LogP contribution in [0.25, 0.3) is 0 Å². The molecule has 0 fully saturated rings. The summed E-state index contributed by atoms with van der Waals surface area (Å²) in [4.78, 5) is 8.60. The highest BCUT2D eigenvalue weighted by atomic mass is 16.3. The van der Waals surface area contributed by atoms with Gasteiger partial charge in [0.15, 0.2) is 0 Å². The molecule has 0 aromatic carbocycles. The molecule has 1 aromatic rings. The van der Waals surface area contributed by atoms with Crippen LogP contribution in [0.15, 0.2) is 6.20 Å². The van der Waals surface area contributed by atoms with E-state index in [0.29, 0.717) is 5.92 Å². The van der Waals surface area contributed by atoms with Crippen molar-refractivity contribution in [2.45, 2.75) is 40.2 Å². The Morgan fingerprint density at radius 3 is 2.65 bits per heavy atom. The van der Waals surface area contributed by atoms with Crippen LogP contribution in [0, 0.1) is 19.8 Å². The Balaban J connectivity index is 2.54. The third kappa shape index (κ3) is 4.40. The fraction of sp³-hybridized carbons (Fsp3) is 0.692. The van der Waals surface area contributed by atoms with Gasteiger partial charge in [0.1, 0.15) is 5.82 Å². The van der Waals surface area contributed by atoms with Crippen molar-refractivity contribution < 1.29 is 5.11 Å². The first-order valence-corrected chi connectivity index (χ1v) is 6.19. The largest absolute Gasteiger partial charge is 0.396 e. The number of nitrogens with one attached hydrogen (secondary N) is 1. The minimum absolute atomic E-state index is 0.247. The molecular formula is C13H23N3O. The Kier molecular flexibility index (Phi) is 5.51. The molecule has 0 saturated heterocycles. The molecule has 0 aliphatic carbocycles. The number of hydrogen-bond donors (Lipinski definition) is 2. The number of aliphatic hydroxyl groups excluding tert-OH is 1. The highest BCUT2D eigenvalue weighted by Crippen LogP contribution is 2.15. The number of aliphatic hydroxyl groups is 1. The summed E-state index contributed by atoms with van der Waals surface area (Å²) in [5.74, 6) is 1.29. The zero-order chi connectivity index (χ0) is 12.8. The van der Waals surface area contributed by atoms with E-state index in [1.807, 2.05) is 20.0 Å². The third-order valence-corrected chi connectivity index (χ3v) is 3.00. The van der Waals surface area contributed by atoms with Gasteiger partial charge in [-0.1, -0.05) is 6.92 Å². The van der Waals surface area contributed by atoms with Crippen molar-refractivity contribution in [3.8, 4) is 0 Å². The van der Waals surface area contributed by atoms with Crippen LogP contribution in [0.5, 0.6) is 0 Å². The second-order valence-electron chi connectivity index (χ2n) is 4.71. The molecule has 17 heavy (non-hydrogen) atoms. The zero-order valence-electron chi connectivity index (χ0n) is 11.2. The monoisotopic (exact) mass is 237 g/mol. The van der Waals surface area contributed by atoms with Gasteiger partial charge in [-0.05, 0) is 39.7 Å². The maximum Gasteiger partial charge on any atom is 0.125 e. The van der Waals surface area contributed by atoms with Gasteiger partial charge in [-0.2, -0.15) is 0 Å². The van der Waals surface area contributed by atoms with E-state index < -0.39 is 0 Å². The van der Waals surface area contributed by atoms with Crippen LogP contribution in [0.3, 0.4) is 0 Å². The van der Waals surface area contributed by atoms with Crippen molar-refractivity contribution in [2.75, 3.05) is 13.2 Å². The standard InChI is InChI=1S/C13H23N3O/c1-9(5-6-17)7-14-10(2)13-8-15-12(4)16-11(13)3/h8-10,14,17H,5-7H2,1-4H3. The Hall–Kier alpha value is -1.00. The van der Waals surface area contributed by atoms with Crippen LogP contribution in [0.1, 0.15) is 43.4 Å². The van der Waals surface area contributed by atoms with E-state index in [-0.39, 0.29) is 12.6 Å². The first kappa shape index (κ1) is 14.1. The lowest BCUT2D eigenvalue weighted by Crippen LogP contribution is -2.25. The number of aromatic nitrogens is 2. The van der Waals surface area contributed by atoms with E-state index in [0.717, 1.165) is 30.0 Å². The number of nitrogens with zero attached hydrogens (tertiary/aromatic N) is 2.